The van der Waals surface area contributed by atoms with E-state index in [1.165, 1.54) is 13.5 Å². The van der Waals surface area contributed by atoms with Crippen molar-refractivity contribution in [2.24, 2.45) is 17.8 Å². The molecule has 3 fully saturated rings. The normalized spacial score (nSPS) is 44.3. The largest absolute Gasteiger partial charge is 0.469 e. The predicted molar refractivity (Wildman–Crippen MR) is 98.3 cm³/mol. The van der Waals surface area contributed by atoms with Gasteiger partial charge in [-0.15, -0.1) is 11.8 Å². The molecule has 4 nitrogen and oxygen atoms in total. The molecule has 0 spiro atoms. The van der Waals surface area contributed by atoms with E-state index in [1.807, 2.05) is 6.92 Å². The monoisotopic (exact) mass is 372 g/mol. The zero-order valence-corrected chi connectivity index (χ0v) is 16.5. The van der Waals surface area contributed by atoms with Crippen LogP contribution in [-0.2, 0) is 19.1 Å². The number of fused-ring (bicyclic) bond motifs is 1. The molecule has 136 valence electrons. The zero-order chi connectivity index (χ0) is 17.5. The van der Waals surface area contributed by atoms with Crippen LogP contribution in [0, 0.1) is 17.8 Å². The molecule has 1 heterocycles. The molecule has 0 aromatic heterocycles. The summed E-state index contributed by atoms with van der Waals surface area (Å²) in [6.45, 7) is 4.84. The topological polar surface area (TPSA) is 52.6 Å². The maximum atomic E-state index is 12.6. The molecule has 6 unspecified atom stereocenters. The number of carbonyl (C=O) groups is 2. The maximum absolute atomic E-state index is 12.6. The molecular weight excluding hydrogens is 344 g/mol. The third-order valence-electron chi connectivity index (χ3n) is 6.04. The summed E-state index contributed by atoms with van der Waals surface area (Å²) in [4.78, 5) is 24.7. The van der Waals surface area contributed by atoms with Crippen LogP contribution in [0.5, 0.6) is 0 Å². The first-order valence-electron chi connectivity index (χ1n) is 8.89. The molecule has 1 saturated heterocycles. The van der Waals surface area contributed by atoms with Gasteiger partial charge < -0.3 is 9.47 Å². The Bertz CT molecular complexity index is 521. The van der Waals surface area contributed by atoms with Crippen LogP contribution in [0.3, 0.4) is 0 Å². The fourth-order valence-electron chi connectivity index (χ4n) is 4.24. The minimum Gasteiger partial charge on any atom is -0.469 e. The minimum absolute atomic E-state index is 0.230. The summed E-state index contributed by atoms with van der Waals surface area (Å²) in [5.74, 6) is -0.905. The van der Waals surface area contributed by atoms with Gasteiger partial charge in [-0.05, 0) is 51.4 Å². The first kappa shape index (κ1) is 18.4. The highest BCUT2D eigenvalue weighted by atomic mass is 32.2. The van der Waals surface area contributed by atoms with E-state index in [-0.39, 0.29) is 22.6 Å². The van der Waals surface area contributed by atoms with Gasteiger partial charge in [-0.25, -0.2) is 0 Å². The Hall–Kier alpha value is -0.360. The van der Waals surface area contributed by atoms with E-state index in [0.29, 0.717) is 30.1 Å². The molecule has 3 aliphatic rings. The smallest absolute Gasteiger partial charge is 0.309 e. The van der Waals surface area contributed by atoms with Crippen LogP contribution < -0.4 is 0 Å². The molecule has 2 saturated carbocycles. The fraction of sp³-hybridized carbons (Fsp3) is 0.889. The molecule has 24 heavy (non-hydrogen) atoms. The van der Waals surface area contributed by atoms with Crippen molar-refractivity contribution in [3.05, 3.63) is 0 Å². The quantitative estimate of drug-likeness (QED) is 0.465. The Morgan fingerprint density at radius 3 is 2.58 bits per heavy atom. The summed E-state index contributed by atoms with van der Waals surface area (Å²) in [7, 11) is 1.38. The second-order valence-electron chi connectivity index (χ2n) is 8.17. The number of hydrogen-bond acceptors (Lipinski definition) is 6. The van der Waals surface area contributed by atoms with Crippen LogP contribution in [0.1, 0.15) is 52.4 Å². The van der Waals surface area contributed by atoms with E-state index in [2.05, 4.69) is 31.3 Å². The van der Waals surface area contributed by atoms with Crippen LogP contribution in [0.4, 0.5) is 0 Å². The summed E-state index contributed by atoms with van der Waals surface area (Å²) in [5.41, 5.74) is 0. The van der Waals surface area contributed by atoms with Crippen LogP contribution in [0.25, 0.3) is 0 Å². The molecule has 0 aromatic carbocycles. The predicted octanol–water partition coefficient (Wildman–Crippen LogP) is 3.48. The Morgan fingerprint density at radius 1 is 1.17 bits per heavy atom. The first-order valence-corrected chi connectivity index (χ1v) is 10.2. The summed E-state index contributed by atoms with van der Waals surface area (Å²) in [5, 5.41) is 0.748. The standard InChI is InChI=1S/C18H28O4S2/c1-17(23)6-5-12(13(9-17)15(19)21-3)16(20)22-10-11-4-7-18(2)14(8-11)24-18/h11-14,23H,4-10H2,1-3H3. The lowest BCUT2D eigenvalue weighted by molar-refractivity contribution is -0.162. The van der Waals surface area contributed by atoms with E-state index in [0.717, 1.165) is 24.5 Å². The van der Waals surface area contributed by atoms with Gasteiger partial charge in [0.2, 0.25) is 0 Å². The highest BCUT2D eigenvalue weighted by molar-refractivity contribution is 8.08. The molecule has 0 bridgehead atoms. The molecule has 0 amide bonds. The fourth-order valence-corrected chi connectivity index (χ4v) is 5.97. The SMILES string of the molecule is COC(=O)C1CC(C)(S)CCC1C(=O)OCC1CCC2(C)SC2C1. The highest BCUT2D eigenvalue weighted by Crippen LogP contribution is 2.62. The number of thioether (sulfide) groups is 1. The lowest BCUT2D eigenvalue weighted by Gasteiger charge is -2.37. The van der Waals surface area contributed by atoms with Crippen LogP contribution in [-0.4, -0.2) is 40.4 Å². The molecule has 3 rings (SSSR count). The average Bonchev–Trinajstić information content (AvgIpc) is 3.21. The third kappa shape index (κ3) is 3.90. The van der Waals surface area contributed by atoms with Gasteiger partial charge in [0.1, 0.15) is 0 Å². The zero-order valence-electron chi connectivity index (χ0n) is 14.7. The average molecular weight is 373 g/mol. The number of rotatable bonds is 4. The van der Waals surface area contributed by atoms with Gasteiger partial charge in [-0.3, -0.25) is 9.59 Å². The van der Waals surface area contributed by atoms with Gasteiger partial charge in [0.25, 0.3) is 0 Å². The number of ether oxygens (including phenoxy) is 2. The van der Waals surface area contributed by atoms with Crippen LogP contribution in [0.2, 0.25) is 0 Å². The summed E-state index contributed by atoms with van der Waals surface area (Å²) in [6.07, 6.45) is 5.50. The lowest BCUT2D eigenvalue weighted by atomic mass is 9.74. The second-order valence-corrected chi connectivity index (χ2v) is 11.0. The minimum atomic E-state index is -0.438. The second kappa shape index (κ2) is 6.75. The van der Waals surface area contributed by atoms with Gasteiger partial charge in [-0.1, -0.05) is 6.92 Å². The summed E-state index contributed by atoms with van der Waals surface area (Å²) < 4.78 is 10.8. The molecule has 0 N–H and O–H groups in total. The number of hydrogen-bond donors (Lipinski definition) is 1. The number of carbonyl (C=O) groups excluding carboxylic acids is 2. The first-order chi connectivity index (χ1) is 11.2. The lowest BCUT2D eigenvalue weighted by Crippen LogP contribution is -2.42. The number of esters is 2. The van der Waals surface area contributed by atoms with E-state index >= 15 is 0 Å². The van der Waals surface area contributed by atoms with Crippen LogP contribution >= 0.6 is 24.4 Å². The molecule has 0 aromatic rings. The van der Waals surface area contributed by atoms with Crippen molar-refractivity contribution in [1.82, 2.24) is 0 Å². The van der Waals surface area contributed by atoms with Gasteiger partial charge >= 0.3 is 11.9 Å². The Kier molecular flexibility index (Phi) is 5.18. The maximum Gasteiger partial charge on any atom is 0.309 e. The molecular formula is C18H28O4S2. The van der Waals surface area contributed by atoms with E-state index < -0.39 is 5.92 Å². The van der Waals surface area contributed by atoms with Crippen molar-refractivity contribution in [2.75, 3.05) is 13.7 Å². The van der Waals surface area contributed by atoms with Gasteiger partial charge in [-0.2, -0.15) is 12.6 Å². The molecule has 2 aliphatic carbocycles. The number of thiol groups is 1. The molecule has 1 aliphatic heterocycles. The Labute approximate surface area is 154 Å². The van der Waals surface area contributed by atoms with E-state index in [4.69, 9.17) is 9.47 Å². The van der Waals surface area contributed by atoms with E-state index in [1.54, 1.807) is 0 Å². The Morgan fingerprint density at radius 2 is 1.92 bits per heavy atom. The number of methoxy groups -OCH3 is 1. The van der Waals surface area contributed by atoms with Gasteiger partial charge in [0.15, 0.2) is 0 Å². The van der Waals surface area contributed by atoms with Crippen molar-refractivity contribution in [1.29, 1.82) is 0 Å². The van der Waals surface area contributed by atoms with Crippen molar-refractivity contribution in [3.63, 3.8) is 0 Å². The summed E-state index contributed by atoms with van der Waals surface area (Å²) >= 11 is 6.68. The van der Waals surface area contributed by atoms with Gasteiger partial charge in [0, 0.05) is 14.7 Å². The molecule has 0 radical (unpaired) electrons. The Balaban J connectivity index is 1.54. The molecule has 6 heteroatoms. The van der Waals surface area contributed by atoms with Gasteiger partial charge in [0.05, 0.1) is 25.6 Å². The van der Waals surface area contributed by atoms with E-state index in [9.17, 15) is 9.59 Å². The highest BCUT2D eigenvalue weighted by Gasteiger charge is 2.54. The van der Waals surface area contributed by atoms with Crippen molar-refractivity contribution >= 4 is 36.3 Å². The third-order valence-corrected chi connectivity index (χ3v) is 8.22. The van der Waals surface area contributed by atoms with Crippen LogP contribution in [0.15, 0.2) is 0 Å². The van der Waals surface area contributed by atoms with Crippen molar-refractivity contribution in [2.45, 2.75) is 67.1 Å². The van der Waals surface area contributed by atoms with Crippen molar-refractivity contribution < 1.29 is 19.1 Å². The van der Waals surface area contributed by atoms with Crippen molar-refractivity contribution in [3.8, 4) is 0 Å². The molecule has 6 atom stereocenters. The summed E-state index contributed by atoms with van der Waals surface area (Å²) in [6, 6.07) is 0.